The molecule has 0 aliphatic heterocycles. The van der Waals surface area contributed by atoms with Crippen LogP contribution in [-0.2, 0) is 0 Å². The second-order valence-corrected chi connectivity index (χ2v) is 6.56. The van der Waals surface area contributed by atoms with Gasteiger partial charge in [-0.1, -0.05) is 41.9 Å². The van der Waals surface area contributed by atoms with Crippen molar-refractivity contribution >= 4 is 29.1 Å². The van der Waals surface area contributed by atoms with Gasteiger partial charge < -0.3 is 10.6 Å². The number of rotatable bonds is 5. The van der Waals surface area contributed by atoms with E-state index in [0.717, 1.165) is 11.6 Å². The monoisotopic (exact) mass is 397 g/mol. The summed E-state index contributed by atoms with van der Waals surface area (Å²) in [5.74, 6) is -1.41. The predicted molar refractivity (Wildman–Crippen MR) is 106 cm³/mol. The van der Waals surface area contributed by atoms with E-state index in [9.17, 15) is 14.0 Å². The van der Waals surface area contributed by atoms with Gasteiger partial charge in [0.2, 0.25) is 0 Å². The van der Waals surface area contributed by atoms with E-state index in [0.29, 0.717) is 5.69 Å². The molecule has 1 aromatic heterocycles. The Hall–Kier alpha value is -3.25. The number of hydrogen-bond donors (Lipinski definition) is 2. The van der Waals surface area contributed by atoms with E-state index >= 15 is 0 Å². The maximum Gasteiger partial charge on any atom is 0.257 e. The first kappa shape index (κ1) is 19.5. The van der Waals surface area contributed by atoms with Crippen LogP contribution in [0.3, 0.4) is 0 Å². The second-order valence-electron chi connectivity index (χ2n) is 6.15. The van der Waals surface area contributed by atoms with Gasteiger partial charge in [-0.25, -0.2) is 4.39 Å². The molecule has 0 fully saturated rings. The summed E-state index contributed by atoms with van der Waals surface area (Å²) in [6, 6.07) is 14.6. The van der Waals surface area contributed by atoms with Crippen LogP contribution < -0.4 is 10.6 Å². The largest absolute Gasteiger partial charge is 0.345 e. The number of aromatic nitrogens is 1. The summed E-state index contributed by atoms with van der Waals surface area (Å²) in [6.45, 7) is 1.87. The van der Waals surface area contributed by atoms with Crippen LogP contribution in [0.15, 0.2) is 67.0 Å². The predicted octanol–water partition coefficient (Wildman–Crippen LogP) is 4.62. The van der Waals surface area contributed by atoms with Crippen molar-refractivity contribution in [2.75, 3.05) is 5.32 Å². The van der Waals surface area contributed by atoms with Gasteiger partial charge in [0.25, 0.3) is 11.8 Å². The van der Waals surface area contributed by atoms with Crippen molar-refractivity contribution in [1.82, 2.24) is 10.3 Å². The SMILES string of the molecule is CC(NC(=O)c1cncc(C(=O)Nc2ccc(F)c(Cl)c2)c1)c1ccccc1. The molecule has 2 amide bonds. The molecular formula is C21H17ClFN3O2. The topological polar surface area (TPSA) is 71.1 Å². The van der Waals surface area contributed by atoms with E-state index in [1.165, 1.54) is 30.6 Å². The minimum Gasteiger partial charge on any atom is -0.345 e. The minimum absolute atomic E-state index is 0.0982. The third-order valence-corrected chi connectivity index (χ3v) is 4.38. The number of nitrogens with zero attached hydrogens (tertiary/aromatic N) is 1. The molecule has 0 radical (unpaired) electrons. The van der Waals surface area contributed by atoms with Crippen molar-refractivity contribution < 1.29 is 14.0 Å². The standard InChI is InChI=1S/C21H17ClFN3O2/c1-13(14-5-3-2-4-6-14)25-20(27)15-9-16(12-24-11-15)21(28)26-17-7-8-19(23)18(22)10-17/h2-13H,1H3,(H,25,27)(H,26,28). The third-order valence-electron chi connectivity index (χ3n) is 4.09. The Bertz CT molecular complexity index is 1010. The Morgan fingerprint density at radius 3 is 2.36 bits per heavy atom. The van der Waals surface area contributed by atoms with Crippen LogP contribution >= 0.6 is 11.6 Å². The molecule has 2 N–H and O–H groups in total. The lowest BCUT2D eigenvalue weighted by Crippen LogP contribution is -2.27. The van der Waals surface area contributed by atoms with Crippen LogP contribution in [0.1, 0.15) is 39.2 Å². The first-order valence-electron chi connectivity index (χ1n) is 8.51. The number of halogens is 2. The molecule has 142 valence electrons. The van der Waals surface area contributed by atoms with Gasteiger partial charge in [0.15, 0.2) is 0 Å². The molecule has 28 heavy (non-hydrogen) atoms. The maximum atomic E-state index is 13.2. The fourth-order valence-electron chi connectivity index (χ4n) is 2.57. The van der Waals surface area contributed by atoms with Gasteiger partial charge >= 0.3 is 0 Å². The van der Waals surface area contributed by atoms with Crippen LogP contribution in [0.5, 0.6) is 0 Å². The van der Waals surface area contributed by atoms with Crippen LogP contribution in [0, 0.1) is 5.82 Å². The van der Waals surface area contributed by atoms with Crippen molar-refractivity contribution in [3.63, 3.8) is 0 Å². The molecule has 0 aliphatic rings. The summed E-state index contributed by atoms with van der Waals surface area (Å²) in [5, 5.41) is 5.37. The summed E-state index contributed by atoms with van der Waals surface area (Å²) in [6.07, 6.45) is 2.73. The lowest BCUT2D eigenvalue weighted by Gasteiger charge is -2.14. The number of benzene rings is 2. The summed E-state index contributed by atoms with van der Waals surface area (Å²) in [4.78, 5) is 28.9. The summed E-state index contributed by atoms with van der Waals surface area (Å²) >= 11 is 5.72. The number of carbonyl (C=O) groups is 2. The molecule has 1 atom stereocenters. The van der Waals surface area contributed by atoms with Crippen molar-refractivity contribution in [3.8, 4) is 0 Å². The first-order chi connectivity index (χ1) is 13.4. The van der Waals surface area contributed by atoms with E-state index in [1.54, 1.807) is 0 Å². The van der Waals surface area contributed by atoms with Gasteiger partial charge in [-0.05, 0) is 36.8 Å². The molecule has 1 unspecified atom stereocenters. The average molecular weight is 398 g/mol. The van der Waals surface area contributed by atoms with Gasteiger partial charge in [0.1, 0.15) is 5.82 Å². The summed E-state index contributed by atoms with van der Waals surface area (Å²) in [5.41, 5.74) is 1.75. The van der Waals surface area contributed by atoms with E-state index in [2.05, 4.69) is 15.6 Å². The lowest BCUT2D eigenvalue weighted by atomic mass is 10.1. The summed E-state index contributed by atoms with van der Waals surface area (Å²) < 4.78 is 13.2. The van der Waals surface area contributed by atoms with Crippen LogP contribution in [0.4, 0.5) is 10.1 Å². The zero-order chi connectivity index (χ0) is 20.1. The lowest BCUT2D eigenvalue weighted by molar-refractivity contribution is 0.0939. The molecule has 3 rings (SSSR count). The van der Waals surface area contributed by atoms with Crippen molar-refractivity contribution in [1.29, 1.82) is 0 Å². The smallest absolute Gasteiger partial charge is 0.257 e. The van der Waals surface area contributed by atoms with E-state index in [-0.39, 0.29) is 28.1 Å². The van der Waals surface area contributed by atoms with E-state index < -0.39 is 11.7 Å². The van der Waals surface area contributed by atoms with Gasteiger partial charge in [-0.2, -0.15) is 0 Å². The highest BCUT2D eigenvalue weighted by Crippen LogP contribution is 2.20. The zero-order valence-electron chi connectivity index (χ0n) is 14.9. The van der Waals surface area contributed by atoms with Gasteiger partial charge in [0, 0.05) is 18.1 Å². The molecule has 0 spiro atoms. The van der Waals surface area contributed by atoms with Crippen molar-refractivity contribution in [2.45, 2.75) is 13.0 Å². The highest BCUT2D eigenvalue weighted by molar-refractivity contribution is 6.31. The molecule has 3 aromatic rings. The molecular weight excluding hydrogens is 381 g/mol. The summed E-state index contributed by atoms with van der Waals surface area (Å²) in [7, 11) is 0. The Morgan fingerprint density at radius 1 is 1.00 bits per heavy atom. The molecule has 1 heterocycles. The number of pyridine rings is 1. The number of anilines is 1. The number of nitrogens with one attached hydrogen (secondary N) is 2. The maximum absolute atomic E-state index is 13.2. The fraction of sp³-hybridized carbons (Fsp3) is 0.0952. The Labute approximate surface area is 166 Å². The molecule has 0 saturated heterocycles. The Kier molecular flexibility index (Phi) is 6.01. The van der Waals surface area contributed by atoms with Crippen LogP contribution in [0.25, 0.3) is 0 Å². The van der Waals surface area contributed by atoms with Crippen molar-refractivity contribution in [2.24, 2.45) is 0 Å². The zero-order valence-corrected chi connectivity index (χ0v) is 15.7. The molecule has 5 nitrogen and oxygen atoms in total. The molecule has 2 aromatic carbocycles. The van der Waals surface area contributed by atoms with Gasteiger partial charge in [0.05, 0.1) is 22.2 Å². The Balaban J connectivity index is 1.71. The highest BCUT2D eigenvalue weighted by Gasteiger charge is 2.15. The number of carbonyl (C=O) groups excluding carboxylic acids is 2. The Morgan fingerprint density at radius 2 is 1.68 bits per heavy atom. The van der Waals surface area contributed by atoms with Crippen LogP contribution in [-0.4, -0.2) is 16.8 Å². The minimum atomic E-state index is -0.576. The number of hydrogen-bond acceptors (Lipinski definition) is 3. The second kappa shape index (κ2) is 8.63. The quantitative estimate of drug-likeness (QED) is 0.660. The molecule has 0 bridgehead atoms. The van der Waals surface area contributed by atoms with Crippen molar-refractivity contribution in [3.05, 3.63) is 94.5 Å². The van der Waals surface area contributed by atoms with E-state index in [4.69, 9.17) is 11.6 Å². The number of amides is 2. The fourth-order valence-corrected chi connectivity index (χ4v) is 2.75. The third kappa shape index (κ3) is 4.72. The average Bonchev–Trinajstić information content (AvgIpc) is 2.71. The highest BCUT2D eigenvalue weighted by atomic mass is 35.5. The molecule has 7 heteroatoms. The molecule has 0 aliphatic carbocycles. The van der Waals surface area contributed by atoms with E-state index in [1.807, 2.05) is 37.3 Å². The van der Waals surface area contributed by atoms with Gasteiger partial charge in [-0.3, -0.25) is 14.6 Å². The normalized spacial score (nSPS) is 11.5. The van der Waals surface area contributed by atoms with Crippen LogP contribution in [0.2, 0.25) is 5.02 Å². The van der Waals surface area contributed by atoms with Gasteiger partial charge in [-0.15, -0.1) is 0 Å². The molecule has 0 saturated carbocycles. The first-order valence-corrected chi connectivity index (χ1v) is 8.89.